The van der Waals surface area contributed by atoms with Crippen molar-refractivity contribution in [3.63, 3.8) is 0 Å². The highest BCUT2D eigenvalue weighted by Crippen LogP contribution is 2.37. The van der Waals surface area contributed by atoms with E-state index in [1.165, 1.54) is 19.5 Å². The topological polar surface area (TPSA) is 109 Å². The molecular weight excluding hydrogens is 519 g/mol. The van der Waals surface area contributed by atoms with Gasteiger partial charge in [-0.25, -0.2) is 4.98 Å². The molecule has 0 saturated carbocycles. The van der Waals surface area contributed by atoms with Gasteiger partial charge in [0.15, 0.2) is 11.5 Å². The average molecular weight is 548 g/mol. The van der Waals surface area contributed by atoms with Crippen molar-refractivity contribution in [3.8, 4) is 11.5 Å². The van der Waals surface area contributed by atoms with Crippen molar-refractivity contribution in [1.29, 1.82) is 5.41 Å². The van der Waals surface area contributed by atoms with Gasteiger partial charge in [0, 0.05) is 60.1 Å². The summed E-state index contributed by atoms with van der Waals surface area (Å²) in [5, 5.41) is 13.1. The molecule has 0 aliphatic carbocycles. The number of hydrogen-bond donors (Lipinski definition) is 3. The summed E-state index contributed by atoms with van der Waals surface area (Å²) in [6, 6.07) is 5.32. The summed E-state index contributed by atoms with van der Waals surface area (Å²) >= 11 is 14.1. The van der Waals surface area contributed by atoms with E-state index in [2.05, 4.69) is 22.1 Å². The molecule has 1 aromatic carbocycles. The van der Waals surface area contributed by atoms with E-state index >= 15 is 0 Å². The van der Waals surface area contributed by atoms with E-state index < -0.39 is 0 Å². The lowest BCUT2D eigenvalue weighted by molar-refractivity contribution is 0.284. The van der Waals surface area contributed by atoms with Crippen LogP contribution in [0.3, 0.4) is 0 Å². The number of rotatable bonds is 9. The van der Waals surface area contributed by atoms with Crippen LogP contribution in [0.25, 0.3) is 0 Å². The first-order valence-corrected chi connectivity index (χ1v) is 13.1. The number of nitrogens with one attached hydrogen (secondary N) is 2. The van der Waals surface area contributed by atoms with Crippen LogP contribution < -0.4 is 25.4 Å². The standard InChI is InChI=1S/C25H28Cl2N6O2S/c1-25(30-2)12-33(13-25)24-22(36-4)5-14(8-32-24)23(29)15-6-21(20(34-3)7-19(15)28)35-11-16-17(26)9-31-10-18(16)27/h5-10,29-30H,11-13,28H2,1-4H3. The zero-order chi connectivity index (χ0) is 26.0. The molecule has 3 heterocycles. The number of ether oxygens (including phenoxy) is 2. The number of hydrogen-bond acceptors (Lipinski definition) is 9. The first-order valence-electron chi connectivity index (χ1n) is 11.1. The fourth-order valence-electron chi connectivity index (χ4n) is 4.01. The SMILES string of the molecule is CNC1(C)CN(c2ncc(C(=N)c3cc(OCc4c(Cl)cncc4Cl)c(OC)cc3N)cc2SC)C1. The van der Waals surface area contributed by atoms with Gasteiger partial charge >= 0.3 is 0 Å². The maximum atomic E-state index is 8.90. The number of benzene rings is 1. The van der Waals surface area contributed by atoms with Crippen LogP contribution in [0.5, 0.6) is 11.5 Å². The number of aromatic nitrogens is 2. The molecule has 1 aliphatic rings. The normalized spacial score (nSPS) is 14.3. The van der Waals surface area contributed by atoms with Gasteiger partial charge in [-0.15, -0.1) is 11.8 Å². The maximum absolute atomic E-state index is 8.90. The second kappa shape index (κ2) is 10.7. The van der Waals surface area contributed by atoms with E-state index in [9.17, 15) is 0 Å². The fourth-order valence-corrected chi connectivity index (χ4v) is 5.09. The van der Waals surface area contributed by atoms with E-state index in [1.54, 1.807) is 30.1 Å². The smallest absolute Gasteiger partial charge is 0.162 e. The van der Waals surface area contributed by atoms with Crippen LogP contribution >= 0.6 is 35.0 Å². The molecule has 190 valence electrons. The zero-order valence-corrected chi connectivity index (χ0v) is 22.8. The first kappa shape index (κ1) is 26.3. The number of methoxy groups -OCH3 is 1. The van der Waals surface area contributed by atoms with E-state index in [-0.39, 0.29) is 17.9 Å². The molecule has 0 radical (unpaired) electrons. The van der Waals surface area contributed by atoms with Gasteiger partial charge in [0.2, 0.25) is 0 Å². The molecule has 1 fully saturated rings. The summed E-state index contributed by atoms with van der Waals surface area (Å²) in [7, 11) is 3.50. The Morgan fingerprint density at radius 1 is 1.19 bits per heavy atom. The Labute approximate surface area is 225 Å². The molecule has 2 aromatic heterocycles. The Hall–Kier alpha value is -2.72. The molecule has 0 atom stereocenters. The quantitative estimate of drug-likeness (QED) is 0.197. The molecule has 0 spiro atoms. The van der Waals surface area contributed by atoms with Crippen LogP contribution in [-0.2, 0) is 6.61 Å². The summed E-state index contributed by atoms with van der Waals surface area (Å²) < 4.78 is 11.5. The molecule has 3 aromatic rings. The minimum absolute atomic E-state index is 0.0847. The first-order chi connectivity index (χ1) is 17.2. The van der Waals surface area contributed by atoms with Crippen LogP contribution in [0.1, 0.15) is 23.6 Å². The largest absolute Gasteiger partial charge is 0.493 e. The Kier molecular flexibility index (Phi) is 7.85. The van der Waals surface area contributed by atoms with Gasteiger partial charge in [0.05, 0.1) is 33.3 Å². The number of anilines is 2. The molecular formula is C25H28Cl2N6O2S. The third-order valence-electron chi connectivity index (χ3n) is 6.25. The molecule has 4 rings (SSSR count). The predicted octanol–water partition coefficient (Wildman–Crippen LogP) is 4.89. The third kappa shape index (κ3) is 5.20. The lowest BCUT2D eigenvalue weighted by Gasteiger charge is -2.49. The number of nitrogens with two attached hydrogens (primary N) is 1. The van der Waals surface area contributed by atoms with Crippen molar-refractivity contribution in [2.24, 2.45) is 0 Å². The molecule has 0 unspecified atom stereocenters. The zero-order valence-electron chi connectivity index (χ0n) is 20.5. The van der Waals surface area contributed by atoms with Gasteiger partial charge in [-0.1, -0.05) is 23.2 Å². The Morgan fingerprint density at radius 3 is 2.50 bits per heavy atom. The highest BCUT2D eigenvalue weighted by atomic mass is 35.5. The van der Waals surface area contributed by atoms with Crippen molar-refractivity contribution in [2.45, 2.75) is 24.0 Å². The van der Waals surface area contributed by atoms with Crippen LogP contribution in [0.2, 0.25) is 10.0 Å². The lowest BCUT2D eigenvalue weighted by Crippen LogP contribution is -2.67. The van der Waals surface area contributed by atoms with E-state index in [1.807, 2.05) is 19.4 Å². The number of halogens is 2. The van der Waals surface area contributed by atoms with Gasteiger partial charge in [-0.2, -0.15) is 0 Å². The number of nitrogens with zero attached hydrogens (tertiary/aromatic N) is 3. The van der Waals surface area contributed by atoms with Crippen LogP contribution in [0, 0.1) is 5.41 Å². The van der Waals surface area contributed by atoms with Gasteiger partial charge < -0.3 is 25.4 Å². The second-order valence-electron chi connectivity index (χ2n) is 8.75. The highest BCUT2D eigenvalue weighted by Gasteiger charge is 2.38. The number of thioether (sulfide) groups is 1. The van der Waals surface area contributed by atoms with Gasteiger partial charge in [0.1, 0.15) is 12.4 Å². The Bertz CT molecular complexity index is 1280. The molecule has 36 heavy (non-hydrogen) atoms. The van der Waals surface area contributed by atoms with Crippen molar-refractivity contribution >= 4 is 52.2 Å². The molecule has 0 bridgehead atoms. The number of likely N-dealkylation sites (N-methyl/N-ethyl adjacent to an activating group) is 1. The van der Waals surface area contributed by atoms with E-state index in [4.69, 9.17) is 48.8 Å². The van der Waals surface area contributed by atoms with E-state index in [0.717, 1.165) is 23.8 Å². The monoisotopic (exact) mass is 546 g/mol. The summed E-state index contributed by atoms with van der Waals surface area (Å²) in [4.78, 5) is 11.9. The summed E-state index contributed by atoms with van der Waals surface area (Å²) in [5.41, 5.74) is 8.80. The van der Waals surface area contributed by atoms with Crippen molar-refractivity contribution in [2.75, 3.05) is 44.1 Å². The molecule has 1 aliphatic heterocycles. The van der Waals surface area contributed by atoms with Gasteiger partial charge in [-0.05, 0) is 32.4 Å². The summed E-state index contributed by atoms with van der Waals surface area (Å²) in [5.74, 6) is 1.77. The van der Waals surface area contributed by atoms with Crippen LogP contribution in [0.4, 0.5) is 11.5 Å². The minimum atomic E-state index is 0.0847. The Balaban J connectivity index is 1.61. The minimum Gasteiger partial charge on any atom is -0.493 e. The highest BCUT2D eigenvalue weighted by molar-refractivity contribution is 7.98. The molecule has 11 heteroatoms. The van der Waals surface area contributed by atoms with Crippen LogP contribution in [0.15, 0.2) is 41.7 Å². The lowest BCUT2D eigenvalue weighted by atomic mass is 9.92. The molecule has 4 N–H and O–H groups in total. The van der Waals surface area contributed by atoms with Gasteiger partial charge in [-0.3, -0.25) is 10.4 Å². The van der Waals surface area contributed by atoms with Crippen LogP contribution in [-0.4, -0.2) is 54.7 Å². The van der Waals surface area contributed by atoms with Crippen molar-refractivity contribution in [1.82, 2.24) is 15.3 Å². The predicted molar refractivity (Wildman–Crippen MR) is 148 cm³/mol. The number of pyridine rings is 2. The summed E-state index contributed by atoms with van der Waals surface area (Å²) in [6.07, 6.45) is 6.74. The second-order valence-corrected chi connectivity index (χ2v) is 10.4. The Morgan fingerprint density at radius 2 is 1.89 bits per heavy atom. The van der Waals surface area contributed by atoms with Crippen molar-refractivity contribution < 1.29 is 9.47 Å². The molecule has 1 saturated heterocycles. The van der Waals surface area contributed by atoms with E-state index in [0.29, 0.717) is 43.9 Å². The molecule has 0 amide bonds. The average Bonchev–Trinajstić information content (AvgIpc) is 2.86. The number of nitrogen functional groups attached to an aromatic ring is 1. The third-order valence-corrected chi connectivity index (χ3v) is 7.65. The van der Waals surface area contributed by atoms with Gasteiger partial charge in [0.25, 0.3) is 0 Å². The fraction of sp³-hybridized carbons (Fsp3) is 0.320. The molecule has 8 nitrogen and oxygen atoms in total. The summed E-state index contributed by atoms with van der Waals surface area (Å²) in [6.45, 7) is 4.04. The van der Waals surface area contributed by atoms with Crippen molar-refractivity contribution in [3.05, 3.63) is 63.5 Å². The maximum Gasteiger partial charge on any atom is 0.162 e.